The lowest BCUT2D eigenvalue weighted by molar-refractivity contribution is -0.145. The van der Waals surface area contributed by atoms with E-state index in [0.717, 1.165) is 25.7 Å². The van der Waals surface area contributed by atoms with Crippen LogP contribution >= 0.6 is 11.6 Å². The lowest BCUT2D eigenvalue weighted by Crippen LogP contribution is -2.21. The molecule has 0 amide bonds. The number of fused-ring (bicyclic) bond motifs is 1. The number of hydrogen-bond acceptors (Lipinski definition) is 5. The van der Waals surface area contributed by atoms with Gasteiger partial charge in [0.15, 0.2) is 6.61 Å². The Labute approximate surface area is 182 Å². The topological polar surface area (TPSA) is 65.0 Å². The second-order valence-corrected chi connectivity index (χ2v) is 8.07. The van der Waals surface area contributed by atoms with Crippen LogP contribution in [0.1, 0.15) is 37.3 Å². The van der Waals surface area contributed by atoms with Crippen LogP contribution in [0, 0.1) is 5.92 Å². The van der Waals surface area contributed by atoms with Crippen LogP contribution in [0.25, 0.3) is 0 Å². The number of esters is 1. The molecule has 0 aliphatic heterocycles. The zero-order chi connectivity index (χ0) is 21.3. The van der Waals surface area contributed by atoms with Crippen LogP contribution in [0.3, 0.4) is 0 Å². The van der Waals surface area contributed by atoms with Crippen LogP contribution in [0.5, 0.6) is 11.5 Å². The molecule has 0 heterocycles. The molecule has 0 bridgehead atoms. The monoisotopic (exact) mass is 432 g/mol. The molecule has 30 heavy (non-hydrogen) atoms. The molecular weight excluding hydrogens is 404 g/mol. The summed E-state index contributed by atoms with van der Waals surface area (Å²) in [6.45, 7) is 2.31. The molecule has 6 heteroatoms. The molecule has 5 nitrogen and oxygen atoms in total. The quantitative estimate of drug-likeness (QED) is 0.555. The van der Waals surface area contributed by atoms with E-state index in [9.17, 15) is 9.90 Å². The fourth-order valence-corrected chi connectivity index (χ4v) is 3.93. The Morgan fingerprint density at radius 1 is 1.17 bits per heavy atom. The maximum atomic E-state index is 11.5. The van der Waals surface area contributed by atoms with E-state index in [-0.39, 0.29) is 19.2 Å². The van der Waals surface area contributed by atoms with Crippen molar-refractivity contribution in [2.75, 3.05) is 19.8 Å². The largest absolute Gasteiger partial charge is 0.491 e. The van der Waals surface area contributed by atoms with Crippen LogP contribution in [-0.4, -0.2) is 37.0 Å². The molecule has 0 spiro atoms. The zero-order valence-corrected chi connectivity index (χ0v) is 18.1. The highest BCUT2D eigenvalue weighted by atomic mass is 35.5. The molecule has 2 atom stereocenters. The molecule has 1 aliphatic carbocycles. The van der Waals surface area contributed by atoms with Crippen molar-refractivity contribution in [3.63, 3.8) is 0 Å². The number of halogens is 1. The first-order valence-electron chi connectivity index (χ1n) is 10.5. The highest BCUT2D eigenvalue weighted by Gasteiger charge is 2.20. The normalized spacial score (nSPS) is 16.4. The molecule has 0 fully saturated rings. The van der Waals surface area contributed by atoms with Gasteiger partial charge >= 0.3 is 5.97 Å². The van der Waals surface area contributed by atoms with E-state index in [1.54, 1.807) is 19.1 Å². The van der Waals surface area contributed by atoms with Crippen molar-refractivity contribution in [2.45, 2.75) is 45.1 Å². The minimum absolute atomic E-state index is 0.0745. The fraction of sp³-hybridized carbons (Fsp3) is 0.458. The number of ether oxygens (including phenoxy) is 3. The second-order valence-electron chi connectivity index (χ2n) is 7.63. The van der Waals surface area contributed by atoms with Gasteiger partial charge in [0.25, 0.3) is 0 Å². The standard InChI is InChI=1S/C24H29ClO5/c1-2-28-24(27)16-30-23-11-9-18-8-6-17(12-19(18)13-23)7-10-21(26)15-29-22-5-3-4-20(25)14-22/h3-5,9,11,13-14,17,21,26H,2,6-8,10,12,15-16H2,1H3/t17-,21+/m1/s1. The number of rotatable bonds is 10. The summed E-state index contributed by atoms with van der Waals surface area (Å²) in [4.78, 5) is 11.5. The first-order valence-corrected chi connectivity index (χ1v) is 10.9. The molecule has 0 aromatic heterocycles. The predicted octanol–water partition coefficient (Wildman–Crippen LogP) is 4.61. The van der Waals surface area contributed by atoms with Crippen LogP contribution in [0.15, 0.2) is 42.5 Å². The average Bonchev–Trinajstić information content (AvgIpc) is 2.74. The van der Waals surface area contributed by atoms with Gasteiger partial charge in [-0.3, -0.25) is 0 Å². The Bertz CT molecular complexity index is 838. The van der Waals surface area contributed by atoms with Gasteiger partial charge in [-0.05, 0) is 86.4 Å². The second kappa shape index (κ2) is 11.2. The number of carbonyl (C=O) groups excluding carboxylic acids is 1. The van der Waals surface area contributed by atoms with E-state index in [4.69, 9.17) is 25.8 Å². The molecule has 1 N–H and O–H groups in total. The Kier molecular flexibility index (Phi) is 8.40. The lowest BCUT2D eigenvalue weighted by atomic mass is 9.81. The van der Waals surface area contributed by atoms with Crippen molar-refractivity contribution in [1.82, 2.24) is 0 Å². The Balaban J connectivity index is 1.44. The van der Waals surface area contributed by atoms with E-state index in [1.807, 2.05) is 24.3 Å². The maximum absolute atomic E-state index is 11.5. The highest BCUT2D eigenvalue weighted by Crippen LogP contribution is 2.31. The molecule has 2 aromatic rings. The summed E-state index contributed by atoms with van der Waals surface area (Å²) in [6.07, 6.45) is 4.20. The minimum atomic E-state index is -0.510. The molecule has 0 saturated carbocycles. The smallest absolute Gasteiger partial charge is 0.344 e. The number of aryl methyl sites for hydroxylation is 1. The van der Waals surface area contributed by atoms with Gasteiger partial charge in [-0.25, -0.2) is 4.79 Å². The first-order chi connectivity index (χ1) is 14.5. The summed E-state index contributed by atoms with van der Waals surface area (Å²) in [5.41, 5.74) is 2.59. The summed E-state index contributed by atoms with van der Waals surface area (Å²) in [7, 11) is 0. The Hall–Kier alpha value is -2.24. The summed E-state index contributed by atoms with van der Waals surface area (Å²) < 4.78 is 16.1. The zero-order valence-electron chi connectivity index (χ0n) is 17.3. The van der Waals surface area contributed by atoms with Gasteiger partial charge in [0.05, 0.1) is 12.7 Å². The third-order valence-electron chi connectivity index (χ3n) is 5.32. The van der Waals surface area contributed by atoms with Crippen LogP contribution in [0.4, 0.5) is 0 Å². The van der Waals surface area contributed by atoms with Gasteiger partial charge < -0.3 is 19.3 Å². The van der Waals surface area contributed by atoms with E-state index in [1.165, 1.54) is 11.1 Å². The molecule has 0 unspecified atom stereocenters. The van der Waals surface area contributed by atoms with Crippen LogP contribution < -0.4 is 9.47 Å². The van der Waals surface area contributed by atoms with E-state index in [0.29, 0.717) is 35.5 Å². The van der Waals surface area contributed by atoms with Crippen molar-refractivity contribution in [2.24, 2.45) is 5.92 Å². The molecule has 2 aromatic carbocycles. The van der Waals surface area contributed by atoms with Crippen molar-refractivity contribution in [1.29, 1.82) is 0 Å². The highest BCUT2D eigenvalue weighted by molar-refractivity contribution is 6.30. The van der Waals surface area contributed by atoms with E-state index >= 15 is 0 Å². The van der Waals surface area contributed by atoms with Crippen molar-refractivity contribution < 1.29 is 24.1 Å². The summed E-state index contributed by atoms with van der Waals surface area (Å²) in [5, 5.41) is 10.9. The fourth-order valence-electron chi connectivity index (χ4n) is 3.75. The van der Waals surface area contributed by atoms with Gasteiger partial charge in [0.2, 0.25) is 0 Å². The van der Waals surface area contributed by atoms with Gasteiger partial charge in [-0.15, -0.1) is 0 Å². The SMILES string of the molecule is CCOC(=O)COc1ccc2c(c1)C[C@@H](CC[C@H](O)COc1cccc(Cl)c1)CC2. The summed E-state index contributed by atoms with van der Waals surface area (Å²) in [6, 6.07) is 13.2. The van der Waals surface area contributed by atoms with Gasteiger partial charge in [-0.1, -0.05) is 23.7 Å². The van der Waals surface area contributed by atoms with Crippen molar-refractivity contribution in [3.05, 3.63) is 58.6 Å². The summed E-state index contributed by atoms with van der Waals surface area (Å²) >= 11 is 5.95. The Morgan fingerprint density at radius 2 is 2.00 bits per heavy atom. The summed E-state index contributed by atoms with van der Waals surface area (Å²) in [5.74, 6) is 1.52. The van der Waals surface area contributed by atoms with Crippen LogP contribution in [0.2, 0.25) is 5.02 Å². The van der Waals surface area contributed by atoms with Gasteiger partial charge in [-0.2, -0.15) is 0 Å². The molecular formula is C24H29ClO5. The molecule has 0 radical (unpaired) electrons. The van der Waals surface area contributed by atoms with Crippen molar-refractivity contribution >= 4 is 17.6 Å². The van der Waals surface area contributed by atoms with Gasteiger partial charge in [0, 0.05) is 5.02 Å². The minimum Gasteiger partial charge on any atom is -0.491 e. The van der Waals surface area contributed by atoms with E-state index in [2.05, 4.69) is 6.07 Å². The first kappa shape index (κ1) is 22.4. The number of carbonyl (C=O) groups is 1. The molecule has 3 rings (SSSR count). The van der Waals surface area contributed by atoms with Gasteiger partial charge in [0.1, 0.15) is 18.1 Å². The average molecular weight is 433 g/mol. The third kappa shape index (κ3) is 6.92. The third-order valence-corrected chi connectivity index (χ3v) is 5.55. The van der Waals surface area contributed by atoms with E-state index < -0.39 is 6.10 Å². The predicted molar refractivity (Wildman–Crippen MR) is 116 cm³/mol. The lowest BCUT2D eigenvalue weighted by Gasteiger charge is -2.26. The molecule has 0 saturated heterocycles. The van der Waals surface area contributed by atoms with Crippen molar-refractivity contribution in [3.8, 4) is 11.5 Å². The number of aliphatic hydroxyl groups is 1. The Morgan fingerprint density at radius 3 is 2.80 bits per heavy atom. The number of hydrogen-bond donors (Lipinski definition) is 1. The molecule has 1 aliphatic rings. The number of benzene rings is 2. The van der Waals surface area contributed by atoms with Crippen LogP contribution in [-0.2, 0) is 22.4 Å². The number of aliphatic hydroxyl groups excluding tert-OH is 1. The molecule has 162 valence electrons. The maximum Gasteiger partial charge on any atom is 0.344 e.